The highest BCUT2D eigenvalue weighted by atomic mass is 32.2. The van der Waals surface area contributed by atoms with E-state index >= 15 is 0 Å². The van der Waals surface area contributed by atoms with Gasteiger partial charge in [0.2, 0.25) is 0 Å². The summed E-state index contributed by atoms with van der Waals surface area (Å²) in [6.45, 7) is 1.41. The molecule has 0 radical (unpaired) electrons. The van der Waals surface area contributed by atoms with Crippen LogP contribution in [0.1, 0.15) is 12.6 Å². The Kier molecular flexibility index (Phi) is 5.63. The molecular weight excluding hydrogens is 417 g/mol. The quantitative estimate of drug-likeness (QED) is 0.569. The summed E-state index contributed by atoms with van der Waals surface area (Å²) in [5.74, 6) is 2.93. The highest BCUT2D eigenvalue weighted by molar-refractivity contribution is 7.90. The maximum absolute atomic E-state index is 14.0. The van der Waals surface area contributed by atoms with Crippen LogP contribution < -0.4 is 4.74 Å². The standard InChI is InChI=1S/C21H17F3N2O3S/c1-4-13-26-20(21(22,23)24)18(14-5-9-16(29-2)10-6-14)19(25-26)15-7-11-17(12-8-15)30(3,27)28/h5-12H,1-3H3. The zero-order valence-corrected chi connectivity index (χ0v) is 17.1. The van der Waals surface area contributed by atoms with Crippen LogP contribution in [-0.4, -0.2) is 31.6 Å². The third-order valence-corrected chi connectivity index (χ3v) is 5.43. The van der Waals surface area contributed by atoms with Crippen molar-refractivity contribution in [2.75, 3.05) is 13.4 Å². The van der Waals surface area contributed by atoms with Crippen LogP contribution in [-0.2, 0) is 16.0 Å². The van der Waals surface area contributed by atoms with Gasteiger partial charge in [-0.25, -0.2) is 8.42 Å². The first-order valence-corrected chi connectivity index (χ1v) is 10.5. The average Bonchev–Trinajstić information content (AvgIpc) is 3.07. The Hall–Kier alpha value is -3.25. The summed E-state index contributed by atoms with van der Waals surface area (Å²) in [7, 11) is -1.99. The van der Waals surface area contributed by atoms with Gasteiger partial charge in [-0.2, -0.15) is 23.0 Å². The second-order valence-electron chi connectivity index (χ2n) is 6.37. The van der Waals surface area contributed by atoms with Gasteiger partial charge in [0, 0.05) is 23.4 Å². The summed E-state index contributed by atoms with van der Waals surface area (Å²) in [4.78, 5) is 0.0566. The van der Waals surface area contributed by atoms with E-state index in [9.17, 15) is 21.6 Å². The zero-order chi connectivity index (χ0) is 22.1. The van der Waals surface area contributed by atoms with Crippen molar-refractivity contribution in [1.29, 1.82) is 0 Å². The molecular formula is C21H17F3N2O3S. The molecule has 0 N–H and O–H groups in total. The molecule has 3 aromatic rings. The predicted octanol–water partition coefficient (Wildman–Crippen LogP) is 4.48. The average molecular weight is 434 g/mol. The number of aromatic nitrogens is 2. The number of hydrogen-bond donors (Lipinski definition) is 0. The van der Waals surface area contributed by atoms with Crippen LogP contribution in [0.15, 0.2) is 53.4 Å². The Morgan fingerprint density at radius 3 is 2.03 bits per heavy atom. The van der Waals surface area contributed by atoms with Gasteiger partial charge < -0.3 is 4.74 Å². The van der Waals surface area contributed by atoms with Crippen molar-refractivity contribution in [1.82, 2.24) is 9.78 Å². The van der Waals surface area contributed by atoms with Gasteiger partial charge in [0.1, 0.15) is 11.4 Å². The number of ether oxygens (including phenoxy) is 1. The van der Waals surface area contributed by atoms with Crippen LogP contribution in [0, 0.1) is 12.0 Å². The fourth-order valence-electron chi connectivity index (χ4n) is 2.96. The first-order chi connectivity index (χ1) is 14.1. The molecule has 30 heavy (non-hydrogen) atoms. The van der Waals surface area contributed by atoms with Gasteiger partial charge in [0.05, 0.1) is 12.0 Å². The third-order valence-electron chi connectivity index (χ3n) is 4.31. The Morgan fingerprint density at radius 2 is 1.57 bits per heavy atom. The first kappa shape index (κ1) is 21.5. The Balaban J connectivity index is 2.32. The largest absolute Gasteiger partial charge is 0.497 e. The van der Waals surface area contributed by atoms with Crippen LogP contribution in [0.5, 0.6) is 5.75 Å². The van der Waals surface area contributed by atoms with Crippen LogP contribution in [0.2, 0.25) is 0 Å². The molecule has 3 rings (SSSR count). The van der Waals surface area contributed by atoms with E-state index < -0.39 is 21.7 Å². The van der Waals surface area contributed by atoms with Crippen molar-refractivity contribution < 1.29 is 26.3 Å². The molecule has 0 saturated heterocycles. The van der Waals surface area contributed by atoms with E-state index in [-0.39, 0.29) is 21.7 Å². The summed E-state index contributed by atoms with van der Waals surface area (Å²) in [6, 6.07) is 14.0. The SMILES string of the molecule is CC#Cn1nc(-c2ccc(S(C)(=O)=O)cc2)c(-c2ccc(OC)cc2)c1C(F)(F)F. The number of nitrogens with zero attached hydrogens (tertiary/aromatic N) is 2. The van der Waals surface area contributed by atoms with Crippen molar-refractivity contribution in [3.8, 4) is 40.1 Å². The molecule has 0 fully saturated rings. The molecule has 2 aromatic carbocycles. The van der Waals surface area contributed by atoms with E-state index in [1.54, 1.807) is 12.1 Å². The summed E-state index contributed by atoms with van der Waals surface area (Å²) in [5, 5.41) is 4.09. The highest BCUT2D eigenvalue weighted by Crippen LogP contribution is 2.42. The van der Waals surface area contributed by atoms with Gasteiger partial charge in [0.15, 0.2) is 15.5 Å². The van der Waals surface area contributed by atoms with Crippen molar-refractivity contribution in [2.45, 2.75) is 18.0 Å². The first-order valence-electron chi connectivity index (χ1n) is 8.64. The summed E-state index contributed by atoms with van der Waals surface area (Å²) in [6.07, 6.45) is -3.67. The van der Waals surface area contributed by atoms with Gasteiger partial charge in [-0.1, -0.05) is 30.2 Å². The van der Waals surface area contributed by atoms with Crippen molar-refractivity contribution >= 4 is 9.84 Å². The lowest BCUT2D eigenvalue weighted by Gasteiger charge is -2.11. The van der Waals surface area contributed by atoms with E-state index in [4.69, 9.17) is 4.74 Å². The van der Waals surface area contributed by atoms with Crippen LogP contribution >= 0.6 is 0 Å². The molecule has 0 aliphatic carbocycles. The van der Waals surface area contributed by atoms with E-state index in [1.807, 2.05) is 0 Å². The second-order valence-corrected chi connectivity index (χ2v) is 8.38. The molecule has 5 nitrogen and oxygen atoms in total. The molecule has 1 heterocycles. The molecule has 0 aliphatic rings. The van der Waals surface area contributed by atoms with Crippen LogP contribution in [0.3, 0.4) is 0 Å². The number of hydrogen-bond acceptors (Lipinski definition) is 4. The maximum Gasteiger partial charge on any atom is 0.434 e. The van der Waals surface area contributed by atoms with Gasteiger partial charge in [-0.05, 0) is 36.8 Å². The molecule has 0 spiro atoms. The van der Waals surface area contributed by atoms with Crippen molar-refractivity contribution in [3.05, 3.63) is 54.2 Å². The molecule has 9 heteroatoms. The van der Waals surface area contributed by atoms with Gasteiger partial charge in [0.25, 0.3) is 0 Å². The van der Waals surface area contributed by atoms with Gasteiger partial charge >= 0.3 is 6.18 Å². The minimum atomic E-state index is -4.73. The van der Waals surface area contributed by atoms with Crippen LogP contribution in [0.4, 0.5) is 13.2 Å². The summed E-state index contributed by atoms with van der Waals surface area (Å²) < 4.78 is 71.0. The molecule has 1 aromatic heterocycles. The Bertz CT molecular complexity index is 1230. The fourth-order valence-corrected chi connectivity index (χ4v) is 3.59. The molecule has 156 valence electrons. The lowest BCUT2D eigenvalue weighted by atomic mass is 9.98. The van der Waals surface area contributed by atoms with E-state index in [1.165, 1.54) is 50.4 Å². The lowest BCUT2D eigenvalue weighted by molar-refractivity contribution is -0.142. The minimum Gasteiger partial charge on any atom is -0.497 e. The number of benzene rings is 2. The van der Waals surface area contributed by atoms with Crippen LogP contribution in [0.25, 0.3) is 22.4 Å². The Morgan fingerprint density at radius 1 is 1.00 bits per heavy atom. The summed E-state index contributed by atoms with van der Waals surface area (Å²) >= 11 is 0. The summed E-state index contributed by atoms with van der Waals surface area (Å²) in [5.41, 5.74) is -0.524. The smallest absolute Gasteiger partial charge is 0.434 e. The number of halogens is 3. The minimum absolute atomic E-state index is 0.0373. The highest BCUT2D eigenvalue weighted by Gasteiger charge is 2.40. The molecule has 0 bridgehead atoms. The lowest BCUT2D eigenvalue weighted by Crippen LogP contribution is -2.13. The normalized spacial score (nSPS) is 11.7. The van der Waals surface area contributed by atoms with Gasteiger partial charge in [-0.15, -0.1) is 0 Å². The van der Waals surface area contributed by atoms with E-state index in [0.29, 0.717) is 16.0 Å². The molecule has 0 aliphatic heterocycles. The third kappa shape index (κ3) is 4.19. The predicted molar refractivity (Wildman–Crippen MR) is 107 cm³/mol. The topological polar surface area (TPSA) is 61.2 Å². The van der Waals surface area contributed by atoms with Crippen molar-refractivity contribution in [3.63, 3.8) is 0 Å². The molecule has 0 saturated carbocycles. The number of sulfone groups is 1. The zero-order valence-electron chi connectivity index (χ0n) is 16.3. The molecule has 0 atom stereocenters. The number of alkyl halides is 3. The maximum atomic E-state index is 14.0. The van der Waals surface area contributed by atoms with E-state index in [0.717, 1.165) is 6.26 Å². The molecule has 0 unspecified atom stereocenters. The monoisotopic (exact) mass is 434 g/mol. The number of rotatable bonds is 4. The fraction of sp³-hybridized carbons (Fsp3) is 0.190. The Labute approximate surface area is 172 Å². The molecule has 0 amide bonds. The van der Waals surface area contributed by atoms with E-state index in [2.05, 4.69) is 17.1 Å². The van der Waals surface area contributed by atoms with Gasteiger partial charge in [-0.3, -0.25) is 0 Å². The van der Waals surface area contributed by atoms with Crippen molar-refractivity contribution in [2.24, 2.45) is 0 Å². The second kappa shape index (κ2) is 7.88. The number of methoxy groups -OCH3 is 1.